The van der Waals surface area contributed by atoms with Gasteiger partial charge in [0.15, 0.2) is 11.4 Å². The predicted molar refractivity (Wildman–Crippen MR) is 128 cm³/mol. The van der Waals surface area contributed by atoms with Crippen molar-refractivity contribution in [3.8, 4) is 11.3 Å². The lowest BCUT2D eigenvalue weighted by molar-refractivity contribution is -0.144. The summed E-state index contributed by atoms with van der Waals surface area (Å²) in [5.41, 5.74) is -2.08. The van der Waals surface area contributed by atoms with Gasteiger partial charge in [0, 0.05) is 12.6 Å². The van der Waals surface area contributed by atoms with E-state index in [9.17, 15) is 27.2 Å². The molecule has 0 fully saturated rings. The lowest BCUT2D eigenvalue weighted by Crippen LogP contribution is -2.12. The third-order valence-corrected chi connectivity index (χ3v) is 5.73. The van der Waals surface area contributed by atoms with Gasteiger partial charge in [-0.15, -0.1) is 0 Å². The topological polar surface area (TPSA) is 94.3 Å². The van der Waals surface area contributed by atoms with Gasteiger partial charge in [-0.2, -0.15) is 18.3 Å². The highest BCUT2D eigenvalue weighted by molar-refractivity contribution is 9.10. The van der Waals surface area contributed by atoms with E-state index in [4.69, 9.17) is 44.6 Å². The molecule has 0 bridgehead atoms. The fraction of sp³-hybridized carbons (Fsp3) is 0.238. The Morgan fingerprint density at radius 1 is 1.14 bits per heavy atom. The number of carbonyl (C=O) groups is 2. The number of aromatic carboxylic acids is 1. The number of alkyl halides is 3. The summed E-state index contributed by atoms with van der Waals surface area (Å²) < 4.78 is 58.6. The number of hydrogen-bond donors (Lipinski definition) is 1. The van der Waals surface area contributed by atoms with Gasteiger partial charge < -0.3 is 9.84 Å². The molecule has 0 unspecified atom stereocenters. The highest BCUT2D eigenvalue weighted by Gasteiger charge is 2.39. The maximum Gasteiger partial charge on any atom is 0.434 e. The molecule has 15 heteroatoms. The van der Waals surface area contributed by atoms with Gasteiger partial charge in [-0.1, -0.05) is 34.8 Å². The highest BCUT2D eigenvalue weighted by atomic mass is 79.9. The maximum absolute atomic E-state index is 14.3. The first-order chi connectivity index (χ1) is 16.5. The monoisotopic (exact) mass is 633 g/mol. The smallest absolute Gasteiger partial charge is 0.434 e. The minimum atomic E-state index is -4.69. The van der Waals surface area contributed by atoms with Gasteiger partial charge >= 0.3 is 18.1 Å². The standard InChI is InChI=1S/C15H12BrClF4N2O2.C6H3Cl2NO2/c1-6(2)25-14(24)7-4-8(10(18)5-9(7)17)12-11(16)13(15(19,20)21)23(3)22-12;7-3-1-2-4(8)9-5(3)6(10)11/h4-6H,1-3H3;1-2H,(H,10,11). The Bertz CT molecular complexity index is 1320. The average Bonchev–Trinajstić information content (AvgIpc) is 3.03. The van der Waals surface area contributed by atoms with Crippen molar-refractivity contribution in [1.82, 2.24) is 14.8 Å². The molecule has 2 heterocycles. The Morgan fingerprint density at radius 2 is 1.75 bits per heavy atom. The van der Waals surface area contributed by atoms with Crippen molar-refractivity contribution in [2.24, 2.45) is 7.05 Å². The molecule has 0 aliphatic carbocycles. The molecule has 0 aliphatic heterocycles. The van der Waals surface area contributed by atoms with E-state index < -0.39 is 40.2 Å². The Labute approximate surface area is 225 Å². The third-order valence-electron chi connectivity index (χ3n) is 4.15. The Balaban J connectivity index is 0.000000346. The van der Waals surface area contributed by atoms with E-state index in [1.54, 1.807) is 13.8 Å². The lowest BCUT2D eigenvalue weighted by atomic mass is 10.1. The van der Waals surface area contributed by atoms with Gasteiger partial charge in [0.05, 0.1) is 26.2 Å². The first-order valence-electron chi connectivity index (χ1n) is 9.60. The average molecular weight is 636 g/mol. The number of rotatable bonds is 4. The quantitative estimate of drug-likeness (QED) is 0.184. The van der Waals surface area contributed by atoms with Crippen molar-refractivity contribution < 1.29 is 37.0 Å². The molecule has 1 aromatic carbocycles. The summed E-state index contributed by atoms with van der Waals surface area (Å²) in [5, 5.41) is 12.2. The molecule has 0 saturated heterocycles. The fourth-order valence-corrected chi connectivity index (χ4v) is 4.05. The minimum Gasteiger partial charge on any atom is -0.476 e. The predicted octanol–water partition coefficient (Wildman–Crippen LogP) is 7.31. The van der Waals surface area contributed by atoms with Crippen molar-refractivity contribution in [2.75, 3.05) is 0 Å². The Morgan fingerprint density at radius 3 is 2.22 bits per heavy atom. The largest absolute Gasteiger partial charge is 0.476 e. The van der Waals surface area contributed by atoms with E-state index in [0.29, 0.717) is 4.68 Å². The number of pyridine rings is 1. The second-order valence-electron chi connectivity index (χ2n) is 7.17. The molecule has 194 valence electrons. The molecule has 1 N–H and O–H groups in total. The number of carbonyl (C=O) groups excluding carboxylic acids is 1. The number of nitrogens with zero attached hydrogens (tertiary/aromatic N) is 3. The first-order valence-corrected chi connectivity index (χ1v) is 11.5. The molecule has 0 aliphatic rings. The summed E-state index contributed by atoms with van der Waals surface area (Å²) in [6, 6.07) is 4.68. The zero-order chi connectivity index (χ0) is 27.5. The molecule has 2 aromatic heterocycles. The summed E-state index contributed by atoms with van der Waals surface area (Å²) in [6.45, 7) is 3.22. The molecule has 0 atom stereocenters. The van der Waals surface area contributed by atoms with Crippen LogP contribution in [0.2, 0.25) is 15.2 Å². The van der Waals surface area contributed by atoms with E-state index in [1.807, 2.05) is 0 Å². The third kappa shape index (κ3) is 7.09. The summed E-state index contributed by atoms with van der Waals surface area (Å²) in [7, 11) is 1.08. The van der Waals surface area contributed by atoms with Gasteiger partial charge in [0.25, 0.3) is 0 Å². The van der Waals surface area contributed by atoms with E-state index in [-0.39, 0.29) is 37.7 Å². The van der Waals surface area contributed by atoms with Crippen LogP contribution in [-0.4, -0.2) is 37.9 Å². The summed E-state index contributed by atoms with van der Waals surface area (Å²) in [5.74, 6) is -2.92. The normalized spacial score (nSPS) is 11.2. The van der Waals surface area contributed by atoms with Crippen molar-refractivity contribution in [1.29, 1.82) is 0 Å². The van der Waals surface area contributed by atoms with Crippen molar-refractivity contribution >= 4 is 62.7 Å². The van der Waals surface area contributed by atoms with Gasteiger partial charge in [-0.25, -0.2) is 19.0 Å². The fourth-order valence-electron chi connectivity index (χ4n) is 2.71. The molecular weight excluding hydrogens is 621 g/mol. The number of esters is 1. The highest BCUT2D eigenvalue weighted by Crippen LogP contribution is 2.41. The SMILES string of the molecule is CC(C)OC(=O)c1cc(-c2nn(C)c(C(F)(F)F)c2Br)c(F)cc1Cl.O=C(O)c1nc(Cl)ccc1Cl. The van der Waals surface area contributed by atoms with E-state index in [1.165, 1.54) is 12.1 Å². The molecule has 0 spiro atoms. The second-order valence-corrected chi connectivity index (χ2v) is 9.16. The Kier molecular flexibility index (Phi) is 9.74. The van der Waals surface area contributed by atoms with Crippen LogP contribution >= 0.6 is 50.7 Å². The molecule has 0 radical (unpaired) electrons. The molecule has 3 rings (SSSR count). The van der Waals surface area contributed by atoms with Gasteiger partial charge in [0.1, 0.15) is 16.7 Å². The summed E-state index contributed by atoms with van der Waals surface area (Å²) >= 11 is 19.6. The van der Waals surface area contributed by atoms with Gasteiger partial charge in [-0.05, 0) is 54.0 Å². The number of halogens is 8. The zero-order valence-corrected chi connectivity index (χ0v) is 22.3. The Hall–Kier alpha value is -2.41. The van der Waals surface area contributed by atoms with E-state index >= 15 is 0 Å². The number of hydrogen-bond acceptors (Lipinski definition) is 5. The van der Waals surface area contributed by atoms with Crippen molar-refractivity contribution in [3.63, 3.8) is 0 Å². The summed E-state index contributed by atoms with van der Waals surface area (Å²) in [6.07, 6.45) is -5.14. The zero-order valence-electron chi connectivity index (χ0n) is 18.4. The molecular formula is C21H15BrCl3F4N3O4. The summed E-state index contributed by atoms with van der Waals surface area (Å²) in [4.78, 5) is 25.9. The van der Waals surface area contributed by atoms with Gasteiger partial charge in [0.2, 0.25) is 0 Å². The number of carboxylic acid groups (broad SMARTS) is 1. The van der Waals surface area contributed by atoms with Crippen LogP contribution in [0, 0.1) is 5.82 Å². The van der Waals surface area contributed by atoms with Crippen molar-refractivity contribution in [2.45, 2.75) is 26.1 Å². The molecule has 3 aromatic rings. The van der Waals surface area contributed by atoms with Crippen molar-refractivity contribution in [3.05, 3.63) is 66.7 Å². The van der Waals surface area contributed by atoms with E-state index in [0.717, 1.165) is 19.2 Å². The van der Waals surface area contributed by atoms with E-state index in [2.05, 4.69) is 26.0 Å². The van der Waals surface area contributed by atoms with Crippen LogP contribution in [-0.2, 0) is 18.0 Å². The molecule has 7 nitrogen and oxygen atoms in total. The number of aryl methyl sites for hydroxylation is 1. The minimum absolute atomic E-state index is 0.0851. The van der Waals surface area contributed by atoms with Crippen LogP contribution in [0.25, 0.3) is 11.3 Å². The number of carboxylic acids is 1. The number of ether oxygens (including phenoxy) is 1. The second kappa shape index (κ2) is 11.8. The van der Waals surface area contributed by atoms with Crippen LogP contribution in [0.3, 0.4) is 0 Å². The van der Waals surface area contributed by atoms with Gasteiger partial charge in [-0.3, -0.25) is 4.68 Å². The van der Waals surface area contributed by atoms with Crippen LogP contribution in [0.5, 0.6) is 0 Å². The van der Waals surface area contributed by atoms with Crippen LogP contribution < -0.4 is 0 Å². The number of aromatic nitrogens is 3. The lowest BCUT2D eigenvalue weighted by Gasteiger charge is -2.11. The van der Waals surface area contributed by atoms with Crippen LogP contribution in [0.4, 0.5) is 17.6 Å². The van der Waals surface area contributed by atoms with Crippen LogP contribution in [0.1, 0.15) is 40.4 Å². The van der Waals surface area contributed by atoms with Crippen LogP contribution in [0.15, 0.2) is 28.7 Å². The maximum atomic E-state index is 14.3. The molecule has 36 heavy (non-hydrogen) atoms. The first kappa shape index (κ1) is 29.8. The number of benzene rings is 1. The molecule has 0 amide bonds. The molecule has 0 saturated carbocycles.